The first-order chi connectivity index (χ1) is 49.0. The van der Waals surface area contributed by atoms with Crippen molar-refractivity contribution >= 4 is 89.0 Å². The molecular formula is C69H109N15O21. The third-order valence-electron chi connectivity index (χ3n) is 16.0. The Morgan fingerprint density at radius 1 is 0.667 bits per heavy atom. The molecule has 1 fully saturated rings. The van der Waals surface area contributed by atoms with E-state index in [0.29, 0.717) is 5.56 Å². The van der Waals surface area contributed by atoms with Crippen LogP contribution in [0.25, 0.3) is 0 Å². The fourth-order valence-corrected chi connectivity index (χ4v) is 10.3. The number of aliphatic hydroxyl groups is 4. The molecule has 36 heteroatoms. The first-order valence-corrected chi connectivity index (χ1v) is 34.5. The van der Waals surface area contributed by atoms with Crippen molar-refractivity contribution in [1.29, 1.82) is 0 Å². The molecule has 3 rings (SSSR count). The molecular weight excluding hydrogens is 1370 g/mol. The monoisotopic (exact) mass is 1480 g/mol. The van der Waals surface area contributed by atoms with E-state index in [1.165, 1.54) is 44.2 Å². The van der Waals surface area contributed by atoms with Gasteiger partial charge in [-0.1, -0.05) is 122 Å². The summed E-state index contributed by atoms with van der Waals surface area (Å²) in [5, 5.41) is 78.7. The van der Waals surface area contributed by atoms with Crippen molar-refractivity contribution in [2.24, 2.45) is 51.8 Å². The Kier molecular flexibility index (Phi) is 38.6. The van der Waals surface area contributed by atoms with Gasteiger partial charge in [-0.2, -0.15) is 0 Å². The highest BCUT2D eigenvalue weighted by Gasteiger charge is 2.44. The van der Waals surface area contributed by atoms with E-state index in [9.17, 15) is 68.4 Å². The molecule has 36 nitrogen and oxygen atoms in total. The van der Waals surface area contributed by atoms with Gasteiger partial charge in [0, 0.05) is 20.0 Å². The molecule has 2 aromatic rings. The molecule has 105 heavy (non-hydrogen) atoms. The van der Waals surface area contributed by atoms with Gasteiger partial charge in [0.2, 0.25) is 65.0 Å². The van der Waals surface area contributed by atoms with Gasteiger partial charge < -0.3 is 111 Å². The molecule has 0 unspecified atom stereocenters. The van der Waals surface area contributed by atoms with Crippen LogP contribution in [-0.4, -0.2) is 219 Å². The number of esters is 1. The van der Waals surface area contributed by atoms with Crippen LogP contribution in [0.2, 0.25) is 0 Å². The molecule has 0 saturated carbocycles. The molecule has 0 aliphatic carbocycles. The number of benzene rings is 2. The number of carboxylic acid groups (broad SMARTS) is 1. The number of amides is 12. The molecule has 0 spiro atoms. The van der Waals surface area contributed by atoms with Crippen LogP contribution in [0.1, 0.15) is 139 Å². The summed E-state index contributed by atoms with van der Waals surface area (Å²) in [7, 11) is 0. The number of alkyl carbamates (subject to hydrolysis) is 1. The lowest BCUT2D eigenvalue weighted by Gasteiger charge is -2.34. The van der Waals surface area contributed by atoms with Crippen molar-refractivity contribution in [1.82, 2.24) is 58.5 Å². The zero-order valence-corrected chi connectivity index (χ0v) is 61.7. The summed E-state index contributed by atoms with van der Waals surface area (Å²) in [4.78, 5) is 199. The number of guanidine groups is 1. The molecule has 2 aromatic carbocycles. The molecule has 0 aromatic heterocycles. The van der Waals surface area contributed by atoms with Crippen LogP contribution in [0.5, 0.6) is 0 Å². The highest BCUT2D eigenvalue weighted by atomic mass is 16.6. The van der Waals surface area contributed by atoms with E-state index in [2.05, 4.69) is 52.8 Å². The number of cyclic esters (lactones) is 1. The van der Waals surface area contributed by atoms with Gasteiger partial charge in [-0.3, -0.25) is 62.5 Å². The van der Waals surface area contributed by atoms with Crippen LogP contribution in [0.3, 0.4) is 0 Å². The molecule has 1 heterocycles. The SMILES string of the molecule is CC(=O)O.CC[C@H](C)[C@@H]1NC(=O)[C@@H](CCCN=C(N)N)NC(=O)[C@H](CC(C)C)NC(=O)[C@H]([C@H](O)C(C)C)NC(=O)[C@@H](NC(=O)[C@H](CC(C)C)NC(=O)[C@H](CNC(=O)OC(C)(C)C)Cc2ccccc2)[C@@H](c2ccccc2)OC(=O)[C@H](CO)NC(=O)[C@H]([C@H](O)C(N)=O)NC(=O)CNC(=O)[C@H]([C@H](C)O)NC1=O. The van der Waals surface area contributed by atoms with Gasteiger partial charge in [0.1, 0.15) is 53.9 Å². The standard InChI is InChI=1S/C67H105N15O19.C2H4O2/c1-13-36(8)46-60(94)80-47(37(9)84)59(93)72-31-45(85)78-49(52(87)54(68)88)62(96)77-44(32-83)64(98)100-53(39-23-18-15-19-24-39)50(82-58(92)43(28-34(4)5)75-55(89)40(29-38-21-16-14-17-22-38)30-73-66(99)101-67(10,11)12)63(97)81-48(51(86)35(6)7)61(95)76-42(27-33(2)3)57(91)74-41(56(90)79-46)25-20-26-71-65(69)70;1-2(3)4/h14-19,21-24,33-37,40-44,46-53,83-84,86-87H,13,20,25-32H2,1-12H3,(H2,68,88)(H,72,93)(H,73,99)(H,74,91)(H,75,89)(H,76,95)(H,77,96)(H,78,85)(H,79,90)(H,80,94)(H,81,97)(H,82,92)(H4,69,70,71);1H3,(H,3,4)/t36-,37-,40-,41+,42-,43-,44-,46-,47-,48-,49-,50-,51+,52-,53+;/m0./s1. The molecule has 0 radical (unpaired) electrons. The number of carbonyl (C=O) groups is 14. The van der Waals surface area contributed by atoms with Gasteiger partial charge in [-0.15, -0.1) is 0 Å². The van der Waals surface area contributed by atoms with E-state index in [1.54, 1.807) is 92.6 Å². The van der Waals surface area contributed by atoms with E-state index >= 15 is 14.4 Å². The van der Waals surface area contributed by atoms with Crippen LogP contribution in [-0.2, 0) is 78.2 Å². The van der Waals surface area contributed by atoms with Gasteiger partial charge in [0.25, 0.3) is 5.97 Å². The number of ether oxygens (including phenoxy) is 2. The van der Waals surface area contributed by atoms with E-state index in [1.807, 2.05) is 10.6 Å². The van der Waals surface area contributed by atoms with Gasteiger partial charge in [-0.05, 0) is 94.6 Å². The number of nitrogens with zero attached hydrogens (tertiary/aromatic N) is 1. The Bertz CT molecular complexity index is 3270. The maximum Gasteiger partial charge on any atom is 0.407 e. The average Bonchev–Trinajstić information content (AvgIpc) is 0.817. The Balaban J connectivity index is 0.00000911. The summed E-state index contributed by atoms with van der Waals surface area (Å²) >= 11 is 0. The Hall–Kier alpha value is -10.1. The van der Waals surface area contributed by atoms with Crippen molar-refractivity contribution in [2.75, 3.05) is 26.2 Å². The van der Waals surface area contributed by atoms with Crippen molar-refractivity contribution in [3.8, 4) is 0 Å². The van der Waals surface area contributed by atoms with Crippen LogP contribution >= 0.6 is 0 Å². The topological polar surface area (TPSA) is 581 Å². The van der Waals surface area contributed by atoms with Gasteiger partial charge in [-0.25, -0.2) is 9.59 Å². The molecule has 15 atom stereocenters. The number of carboxylic acids is 1. The summed E-state index contributed by atoms with van der Waals surface area (Å²) in [6.07, 6.45) is -9.38. The molecule has 1 aliphatic rings. The number of aliphatic imine (C=N–C) groups is 1. The second kappa shape index (κ2) is 44.6. The maximum atomic E-state index is 15.6. The van der Waals surface area contributed by atoms with E-state index < -0.39 is 210 Å². The predicted octanol–water partition coefficient (Wildman–Crippen LogP) is -3.33. The van der Waals surface area contributed by atoms with Gasteiger partial charge >= 0.3 is 12.1 Å². The lowest BCUT2D eigenvalue weighted by molar-refractivity contribution is -0.159. The lowest BCUT2D eigenvalue weighted by atomic mass is 9.95. The van der Waals surface area contributed by atoms with Gasteiger partial charge in [0.05, 0.1) is 31.3 Å². The Morgan fingerprint density at radius 3 is 1.72 bits per heavy atom. The highest BCUT2D eigenvalue weighted by Crippen LogP contribution is 2.25. The number of hydrogen-bond donors (Lipinski definition) is 19. The number of hydrogen-bond acceptors (Lipinski definition) is 21. The minimum atomic E-state index is -2.60. The number of aliphatic carboxylic acids is 1. The normalized spacial score (nSPS) is 22.6. The summed E-state index contributed by atoms with van der Waals surface area (Å²) < 4.78 is 11.4. The van der Waals surface area contributed by atoms with Crippen LogP contribution in [0, 0.1) is 29.6 Å². The average molecular weight is 1480 g/mol. The highest BCUT2D eigenvalue weighted by molar-refractivity contribution is 6.00. The third kappa shape index (κ3) is 32.6. The molecule has 22 N–H and O–H groups in total. The number of nitrogens with one attached hydrogen (secondary N) is 11. The number of primary amides is 1. The Labute approximate surface area is 610 Å². The summed E-state index contributed by atoms with van der Waals surface area (Å²) in [6.45, 7) is 17.3. The lowest BCUT2D eigenvalue weighted by Crippen LogP contribution is -2.64. The minimum Gasteiger partial charge on any atom is -0.481 e. The second-order valence-corrected chi connectivity index (χ2v) is 27.6. The minimum absolute atomic E-state index is 0.0208. The first-order valence-electron chi connectivity index (χ1n) is 34.5. The molecule has 1 aliphatic heterocycles. The number of carbonyl (C=O) groups excluding carboxylic acids is 13. The fourth-order valence-electron chi connectivity index (χ4n) is 10.3. The molecule has 586 valence electrons. The molecule has 1 saturated heterocycles. The van der Waals surface area contributed by atoms with Crippen molar-refractivity contribution in [2.45, 2.75) is 213 Å². The van der Waals surface area contributed by atoms with Crippen molar-refractivity contribution < 1.29 is 102 Å². The second-order valence-electron chi connectivity index (χ2n) is 27.6. The van der Waals surface area contributed by atoms with Crippen LogP contribution < -0.4 is 75.7 Å². The summed E-state index contributed by atoms with van der Waals surface area (Å²) in [6, 6.07) is -1.42. The smallest absolute Gasteiger partial charge is 0.407 e. The predicted molar refractivity (Wildman–Crippen MR) is 380 cm³/mol. The van der Waals surface area contributed by atoms with E-state index in [0.717, 1.165) is 13.8 Å². The summed E-state index contributed by atoms with van der Waals surface area (Å²) in [5.74, 6) is -19.5. The largest absolute Gasteiger partial charge is 0.481 e. The zero-order chi connectivity index (χ0) is 79.7. The molecule has 12 amide bonds. The fraction of sp³-hybridized carbons (Fsp3) is 0.609. The zero-order valence-electron chi connectivity index (χ0n) is 61.7. The first kappa shape index (κ1) is 91.0. The number of nitrogens with two attached hydrogens (primary N) is 3. The van der Waals surface area contributed by atoms with Crippen LogP contribution in [0.15, 0.2) is 65.7 Å². The van der Waals surface area contributed by atoms with E-state index in [-0.39, 0.29) is 63.1 Å². The Morgan fingerprint density at radius 2 is 1.20 bits per heavy atom. The number of aliphatic hydroxyl groups excluding tert-OH is 4. The molecule has 0 bridgehead atoms. The maximum absolute atomic E-state index is 15.6. The van der Waals surface area contributed by atoms with E-state index in [4.69, 9.17) is 36.6 Å². The van der Waals surface area contributed by atoms with Gasteiger partial charge in [0.15, 0.2) is 24.2 Å². The van der Waals surface area contributed by atoms with Crippen LogP contribution in [0.4, 0.5) is 4.79 Å². The number of rotatable bonds is 25. The third-order valence-corrected chi connectivity index (χ3v) is 16.0. The quantitative estimate of drug-likeness (QED) is 0.0200. The van der Waals surface area contributed by atoms with Crippen molar-refractivity contribution in [3.05, 3.63) is 71.8 Å². The van der Waals surface area contributed by atoms with Crippen molar-refractivity contribution in [3.63, 3.8) is 0 Å². The summed E-state index contributed by atoms with van der Waals surface area (Å²) in [5.41, 5.74) is 16.1.